The van der Waals surface area contributed by atoms with E-state index in [1.807, 2.05) is 31.2 Å². The molecule has 0 bridgehead atoms. The van der Waals surface area contributed by atoms with Crippen LogP contribution in [-0.4, -0.2) is 18.4 Å². The Kier molecular flexibility index (Phi) is 8.49. The molecular weight excluding hydrogens is 367 g/mol. The first-order chi connectivity index (χ1) is 9.63. The summed E-state index contributed by atoms with van der Waals surface area (Å²) in [5.41, 5.74) is 0.789. The van der Waals surface area contributed by atoms with E-state index in [-0.39, 0.29) is 11.8 Å². The second-order valence-corrected chi connectivity index (χ2v) is 5.89. The summed E-state index contributed by atoms with van der Waals surface area (Å²) in [5.74, 6) is 0.0780. The van der Waals surface area contributed by atoms with Gasteiger partial charge in [0.1, 0.15) is 0 Å². The van der Waals surface area contributed by atoms with Crippen molar-refractivity contribution in [2.24, 2.45) is 0 Å². The predicted molar refractivity (Wildman–Crippen MR) is 87.8 cm³/mol. The van der Waals surface area contributed by atoms with E-state index in [1.54, 1.807) is 0 Å². The SMILES string of the molecule is CCOC(=O)CCCCCCC(=O)c1ccc(I)cc1. The molecule has 0 saturated carbocycles. The molecule has 1 aromatic carbocycles. The van der Waals surface area contributed by atoms with Crippen molar-refractivity contribution in [3.05, 3.63) is 33.4 Å². The molecule has 0 aromatic heterocycles. The molecule has 0 spiro atoms. The van der Waals surface area contributed by atoms with E-state index in [2.05, 4.69) is 22.6 Å². The molecule has 0 unspecified atom stereocenters. The van der Waals surface area contributed by atoms with Crippen molar-refractivity contribution in [2.45, 2.75) is 45.4 Å². The second-order valence-electron chi connectivity index (χ2n) is 4.65. The maximum atomic E-state index is 11.9. The van der Waals surface area contributed by atoms with Crippen LogP contribution < -0.4 is 0 Å². The standard InChI is InChI=1S/C16H21IO3/c1-2-20-16(19)8-6-4-3-5-7-15(18)13-9-11-14(17)12-10-13/h9-12H,2-8H2,1H3. The Morgan fingerprint density at radius 1 is 1.00 bits per heavy atom. The third-order valence-corrected chi connectivity index (χ3v) is 3.73. The zero-order chi connectivity index (χ0) is 14.8. The Morgan fingerprint density at radius 3 is 2.20 bits per heavy atom. The van der Waals surface area contributed by atoms with Crippen molar-refractivity contribution in [3.8, 4) is 0 Å². The average molecular weight is 388 g/mol. The van der Waals surface area contributed by atoms with Crippen molar-refractivity contribution in [3.63, 3.8) is 0 Å². The van der Waals surface area contributed by atoms with E-state index in [1.165, 1.54) is 0 Å². The molecule has 0 aliphatic heterocycles. The Balaban J connectivity index is 2.10. The summed E-state index contributed by atoms with van der Waals surface area (Å²) in [4.78, 5) is 23.0. The van der Waals surface area contributed by atoms with E-state index < -0.39 is 0 Å². The molecule has 110 valence electrons. The van der Waals surface area contributed by atoms with Gasteiger partial charge in [0, 0.05) is 22.0 Å². The van der Waals surface area contributed by atoms with Crippen LogP contribution in [0, 0.1) is 3.57 Å². The molecule has 0 fully saturated rings. The lowest BCUT2D eigenvalue weighted by Gasteiger charge is -2.03. The van der Waals surface area contributed by atoms with Crippen LogP contribution in [-0.2, 0) is 9.53 Å². The largest absolute Gasteiger partial charge is 0.466 e. The first-order valence-corrected chi connectivity index (χ1v) is 8.15. The molecule has 20 heavy (non-hydrogen) atoms. The van der Waals surface area contributed by atoms with Crippen molar-refractivity contribution in [1.82, 2.24) is 0 Å². The summed E-state index contributed by atoms with van der Waals surface area (Å²) in [6.45, 7) is 2.26. The first kappa shape index (κ1) is 17.1. The van der Waals surface area contributed by atoms with E-state index >= 15 is 0 Å². The number of rotatable bonds is 9. The smallest absolute Gasteiger partial charge is 0.305 e. The van der Waals surface area contributed by atoms with Crippen molar-refractivity contribution >= 4 is 34.3 Å². The van der Waals surface area contributed by atoms with E-state index in [0.717, 1.165) is 34.8 Å². The highest BCUT2D eigenvalue weighted by Gasteiger charge is 2.05. The van der Waals surface area contributed by atoms with Crippen LogP contribution in [0.1, 0.15) is 55.8 Å². The molecule has 0 saturated heterocycles. The number of carbonyl (C=O) groups is 2. The minimum Gasteiger partial charge on any atom is -0.466 e. The van der Waals surface area contributed by atoms with Gasteiger partial charge in [0.2, 0.25) is 0 Å². The lowest BCUT2D eigenvalue weighted by atomic mass is 10.0. The fourth-order valence-corrected chi connectivity index (χ4v) is 2.28. The maximum absolute atomic E-state index is 11.9. The minimum absolute atomic E-state index is 0.123. The van der Waals surface area contributed by atoms with Gasteiger partial charge in [-0.25, -0.2) is 0 Å². The van der Waals surface area contributed by atoms with Crippen LogP contribution in [0.5, 0.6) is 0 Å². The van der Waals surface area contributed by atoms with E-state index in [9.17, 15) is 9.59 Å². The zero-order valence-electron chi connectivity index (χ0n) is 11.9. The Hall–Kier alpha value is -0.910. The third kappa shape index (κ3) is 7.03. The molecule has 0 radical (unpaired) electrons. The molecule has 0 atom stereocenters. The first-order valence-electron chi connectivity index (χ1n) is 7.08. The van der Waals surface area contributed by atoms with Gasteiger partial charge in [-0.05, 0) is 54.5 Å². The predicted octanol–water partition coefficient (Wildman–Crippen LogP) is 4.38. The van der Waals surface area contributed by atoms with Crippen molar-refractivity contribution in [2.75, 3.05) is 6.61 Å². The lowest BCUT2D eigenvalue weighted by molar-refractivity contribution is -0.143. The number of ketones is 1. The summed E-state index contributed by atoms with van der Waals surface area (Å²) in [7, 11) is 0. The van der Waals surface area contributed by atoms with Gasteiger partial charge < -0.3 is 4.74 Å². The number of Topliss-reactive ketones (excluding diaryl/α,β-unsaturated/α-hetero) is 1. The molecular formula is C16H21IO3. The van der Waals surface area contributed by atoms with Crippen molar-refractivity contribution in [1.29, 1.82) is 0 Å². The number of ether oxygens (including phenoxy) is 1. The summed E-state index contributed by atoms with van der Waals surface area (Å²) >= 11 is 2.23. The van der Waals surface area contributed by atoms with Gasteiger partial charge in [-0.15, -0.1) is 0 Å². The topological polar surface area (TPSA) is 43.4 Å². The van der Waals surface area contributed by atoms with Gasteiger partial charge in [-0.3, -0.25) is 9.59 Å². The van der Waals surface area contributed by atoms with Crippen LogP contribution in [0.4, 0.5) is 0 Å². The Labute approximate surface area is 134 Å². The number of carbonyl (C=O) groups excluding carboxylic acids is 2. The highest BCUT2D eigenvalue weighted by Crippen LogP contribution is 2.12. The number of esters is 1. The molecule has 1 aromatic rings. The number of hydrogen-bond acceptors (Lipinski definition) is 3. The highest BCUT2D eigenvalue weighted by atomic mass is 127. The van der Waals surface area contributed by atoms with Crippen LogP contribution in [0.3, 0.4) is 0 Å². The van der Waals surface area contributed by atoms with Gasteiger partial charge in [0.05, 0.1) is 6.61 Å². The molecule has 1 rings (SSSR count). The fourth-order valence-electron chi connectivity index (χ4n) is 1.92. The van der Waals surface area contributed by atoms with Crippen molar-refractivity contribution < 1.29 is 14.3 Å². The van der Waals surface area contributed by atoms with Crippen LogP contribution in [0.2, 0.25) is 0 Å². The zero-order valence-corrected chi connectivity index (χ0v) is 14.0. The van der Waals surface area contributed by atoms with Crippen LogP contribution in [0.15, 0.2) is 24.3 Å². The van der Waals surface area contributed by atoms with Gasteiger partial charge >= 0.3 is 5.97 Å². The minimum atomic E-state index is -0.123. The molecule has 3 nitrogen and oxygen atoms in total. The number of hydrogen-bond donors (Lipinski definition) is 0. The monoisotopic (exact) mass is 388 g/mol. The molecule has 0 amide bonds. The summed E-state index contributed by atoms with van der Waals surface area (Å²) in [6.07, 6.45) is 4.75. The number of halogens is 1. The maximum Gasteiger partial charge on any atom is 0.305 e. The van der Waals surface area contributed by atoms with Crippen LogP contribution >= 0.6 is 22.6 Å². The molecule has 0 heterocycles. The number of benzene rings is 1. The second kappa shape index (κ2) is 9.91. The van der Waals surface area contributed by atoms with Gasteiger partial charge in [-0.2, -0.15) is 0 Å². The summed E-state index contributed by atoms with van der Waals surface area (Å²) < 4.78 is 6.00. The average Bonchev–Trinajstić information content (AvgIpc) is 2.43. The lowest BCUT2D eigenvalue weighted by Crippen LogP contribution is -2.03. The summed E-state index contributed by atoms with van der Waals surface area (Å²) in [5, 5.41) is 0. The molecule has 0 aliphatic carbocycles. The van der Waals surface area contributed by atoms with Crippen LogP contribution in [0.25, 0.3) is 0 Å². The molecule has 0 N–H and O–H groups in total. The van der Waals surface area contributed by atoms with Gasteiger partial charge in [0.15, 0.2) is 5.78 Å². The third-order valence-electron chi connectivity index (χ3n) is 3.01. The summed E-state index contributed by atoms with van der Waals surface area (Å²) in [6, 6.07) is 7.66. The quantitative estimate of drug-likeness (QED) is 0.273. The number of unbranched alkanes of at least 4 members (excludes halogenated alkanes) is 3. The highest BCUT2D eigenvalue weighted by molar-refractivity contribution is 14.1. The molecule has 4 heteroatoms. The van der Waals surface area contributed by atoms with Gasteiger partial charge in [-0.1, -0.05) is 25.0 Å². The van der Waals surface area contributed by atoms with Gasteiger partial charge in [0.25, 0.3) is 0 Å². The van der Waals surface area contributed by atoms with E-state index in [0.29, 0.717) is 19.4 Å². The fraction of sp³-hybridized carbons (Fsp3) is 0.500. The normalized spacial score (nSPS) is 10.3. The molecule has 0 aliphatic rings. The Morgan fingerprint density at radius 2 is 1.60 bits per heavy atom. The van der Waals surface area contributed by atoms with E-state index in [4.69, 9.17) is 4.74 Å². The Bertz CT molecular complexity index is 426.